The molecule has 1 aliphatic heterocycles. The van der Waals surface area contributed by atoms with Crippen molar-refractivity contribution >= 4 is 29.2 Å². The van der Waals surface area contributed by atoms with Gasteiger partial charge in [-0.15, -0.1) is 0 Å². The molecule has 1 amide bonds. The van der Waals surface area contributed by atoms with Crippen LogP contribution in [0.3, 0.4) is 0 Å². The van der Waals surface area contributed by atoms with Gasteiger partial charge in [-0.25, -0.2) is 4.79 Å². The average Bonchev–Trinajstić information content (AvgIpc) is 3.22. The van der Waals surface area contributed by atoms with Gasteiger partial charge in [0.25, 0.3) is 0 Å². The maximum atomic E-state index is 12.3. The van der Waals surface area contributed by atoms with Crippen LogP contribution in [0.2, 0.25) is 5.02 Å². The summed E-state index contributed by atoms with van der Waals surface area (Å²) in [5, 5.41) is 12.3. The van der Waals surface area contributed by atoms with Gasteiger partial charge in [-0.2, -0.15) is 0 Å². The summed E-state index contributed by atoms with van der Waals surface area (Å²) in [5.74, 6) is 0.545. The van der Waals surface area contributed by atoms with Crippen LogP contribution in [0.25, 0.3) is 11.3 Å². The van der Waals surface area contributed by atoms with E-state index < -0.39 is 5.97 Å². The van der Waals surface area contributed by atoms with E-state index in [9.17, 15) is 14.7 Å². The van der Waals surface area contributed by atoms with Crippen molar-refractivity contribution in [3.8, 4) is 22.8 Å². The first-order chi connectivity index (χ1) is 14.4. The number of methoxy groups -OCH3 is 2. The number of rotatable bonds is 5. The minimum atomic E-state index is -1.12. The molecule has 1 unspecified atom stereocenters. The van der Waals surface area contributed by atoms with E-state index in [1.807, 2.05) is 6.07 Å². The number of hydrogen-bond acceptors (Lipinski definition) is 5. The van der Waals surface area contributed by atoms with Crippen molar-refractivity contribution in [1.82, 2.24) is 0 Å². The highest BCUT2D eigenvalue weighted by molar-refractivity contribution is 6.33. The van der Waals surface area contributed by atoms with Crippen molar-refractivity contribution in [3.05, 3.63) is 64.4 Å². The van der Waals surface area contributed by atoms with Gasteiger partial charge in [0, 0.05) is 23.7 Å². The number of carboxylic acids is 1. The summed E-state index contributed by atoms with van der Waals surface area (Å²) < 4.78 is 16.8. The molecule has 4 rings (SSSR count). The van der Waals surface area contributed by atoms with Crippen LogP contribution in [-0.4, -0.2) is 31.2 Å². The van der Waals surface area contributed by atoms with E-state index in [4.69, 9.17) is 25.5 Å². The number of aromatic carboxylic acids is 1. The van der Waals surface area contributed by atoms with Gasteiger partial charge in [0.15, 0.2) is 11.5 Å². The zero-order chi connectivity index (χ0) is 21.4. The lowest BCUT2D eigenvalue weighted by molar-refractivity contribution is -0.116. The summed E-state index contributed by atoms with van der Waals surface area (Å²) in [4.78, 5) is 23.7. The van der Waals surface area contributed by atoms with Crippen LogP contribution in [0.4, 0.5) is 5.69 Å². The minimum Gasteiger partial charge on any atom is -0.493 e. The van der Waals surface area contributed by atoms with E-state index in [0.29, 0.717) is 34.3 Å². The molecule has 2 N–H and O–H groups in total. The fourth-order valence-corrected chi connectivity index (χ4v) is 3.78. The van der Waals surface area contributed by atoms with Gasteiger partial charge in [-0.05, 0) is 42.0 Å². The summed E-state index contributed by atoms with van der Waals surface area (Å²) in [6, 6.07) is 11.7. The zero-order valence-corrected chi connectivity index (χ0v) is 16.9. The zero-order valence-electron chi connectivity index (χ0n) is 16.2. The standard InChI is InChI=1S/C22H18ClNO6/c1-28-19-8-12-13(9-21(25)24-16(12)10-20(19)29-2)18-6-5-17(30-18)11-3-4-15(23)14(7-11)22(26)27/h3-8,10,13H,9H2,1-2H3,(H,24,25)(H,26,27). The van der Waals surface area contributed by atoms with Crippen molar-refractivity contribution in [2.45, 2.75) is 12.3 Å². The van der Waals surface area contributed by atoms with Crippen LogP contribution in [0.5, 0.6) is 11.5 Å². The predicted octanol–water partition coefficient (Wildman–Crippen LogP) is 4.79. The molecule has 0 bridgehead atoms. The average molecular weight is 428 g/mol. The van der Waals surface area contributed by atoms with E-state index in [0.717, 1.165) is 5.56 Å². The molecule has 1 aromatic heterocycles. The first-order valence-corrected chi connectivity index (χ1v) is 9.47. The molecule has 154 valence electrons. The number of anilines is 1. The highest BCUT2D eigenvalue weighted by Crippen LogP contribution is 2.44. The Labute approximate surface area is 177 Å². The molecule has 3 aromatic rings. The number of amides is 1. The molecular formula is C22H18ClNO6. The fraction of sp³-hybridized carbons (Fsp3) is 0.182. The van der Waals surface area contributed by atoms with E-state index in [-0.39, 0.29) is 28.8 Å². The van der Waals surface area contributed by atoms with Crippen LogP contribution in [-0.2, 0) is 4.79 Å². The van der Waals surface area contributed by atoms with Crippen molar-refractivity contribution in [2.75, 3.05) is 19.5 Å². The Morgan fingerprint density at radius 2 is 1.87 bits per heavy atom. The second kappa shape index (κ2) is 7.76. The molecule has 7 nitrogen and oxygen atoms in total. The molecule has 0 radical (unpaired) electrons. The summed E-state index contributed by atoms with van der Waals surface area (Å²) in [5.41, 5.74) is 2.05. The van der Waals surface area contributed by atoms with Crippen LogP contribution >= 0.6 is 11.6 Å². The lowest BCUT2D eigenvalue weighted by atomic mass is 9.88. The third-order valence-electron chi connectivity index (χ3n) is 5.05. The van der Waals surface area contributed by atoms with Gasteiger partial charge in [-0.3, -0.25) is 4.79 Å². The number of carbonyl (C=O) groups excluding carboxylic acids is 1. The van der Waals surface area contributed by atoms with Crippen LogP contribution < -0.4 is 14.8 Å². The number of carbonyl (C=O) groups is 2. The second-order valence-corrected chi connectivity index (χ2v) is 7.21. The van der Waals surface area contributed by atoms with Crippen molar-refractivity contribution in [3.63, 3.8) is 0 Å². The third-order valence-corrected chi connectivity index (χ3v) is 5.38. The quantitative estimate of drug-likeness (QED) is 0.607. The van der Waals surface area contributed by atoms with E-state index in [1.54, 1.807) is 31.4 Å². The van der Waals surface area contributed by atoms with Gasteiger partial charge in [0.2, 0.25) is 5.91 Å². The molecular weight excluding hydrogens is 410 g/mol. The van der Waals surface area contributed by atoms with E-state index >= 15 is 0 Å². The minimum absolute atomic E-state index is 0.00802. The topological polar surface area (TPSA) is 98.0 Å². The van der Waals surface area contributed by atoms with Gasteiger partial charge in [-0.1, -0.05) is 11.6 Å². The Bertz CT molecular complexity index is 1150. The first kappa shape index (κ1) is 19.8. The van der Waals surface area contributed by atoms with Gasteiger partial charge in [0.1, 0.15) is 11.5 Å². The Morgan fingerprint density at radius 3 is 2.57 bits per heavy atom. The van der Waals surface area contributed by atoms with Crippen molar-refractivity contribution in [2.24, 2.45) is 0 Å². The Morgan fingerprint density at radius 1 is 1.13 bits per heavy atom. The number of hydrogen-bond donors (Lipinski definition) is 2. The number of benzene rings is 2. The number of nitrogens with one attached hydrogen (secondary N) is 1. The normalized spacial score (nSPS) is 15.3. The smallest absolute Gasteiger partial charge is 0.337 e. The monoisotopic (exact) mass is 427 g/mol. The first-order valence-electron chi connectivity index (χ1n) is 9.10. The molecule has 0 spiro atoms. The fourth-order valence-electron chi connectivity index (χ4n) is 3.58. The summed E-state index contributed by atoms with van der Waals surface area (Å²) in [6.07, 6.45) is 0.205. The van der Waals surface area contributed by atoms with E-state index in [1.165, 1.54) is 19.2 Å². The molecule has 30 heavy (non-hydrogen) atoms. The second-order valence-electron chi connectivity index (χ2n) is 6.80. The molecule has 2 aromatic carbocycles. The van der Waals surface area contributed by atoms with Gasteiger partial charge in [0.05, 0.1) is 30.7 Å². The summed E-state index contributed by atoms with van der Waals surface area (Å²) in [6.45, 7) is 0. The van der Waals surface area contributed by atoms with E-state index in [2.05, 4.69) is 5.32 Å². The lowest BCUT2D eigenvalue weighted by Gasteiger charge is -2.25. The van der Waals surface area contributed by atoms with Crippen LogP contribution in [0, 0.1) is 0 Å². The molecule has 1 atom stereocenters. The Balaban J connectivity index is 1.75. The number of carboxylic acid groups (broad SMARTS) is 1. The number of furan rings is 1. The maximum absolute atomic E-state index is 12.3. The molecule has 2 heterocycles. The highest BCUT2D eigenvalue weighted by Gasteiger charge is 2.30. The van der Waals surface area contributed by atoms with Gasteiger partial charge < -0.3 is 24.3 Å². The largest absolute Gasteiger partial charge is 0.493 e. The van der Waals surface area contributed by atoms with Crippen molar-refractivity contribution in [1.29, 1.82) is 0 Å². The van der Waals surface area contributed by atoms with Crippen LogP contribution in [0.15, 0.2) is 46.9 Å². The summed E-state index contributed by atoms with van der Waals surface area (Å²) in [7, 11) is 3.08. The number of fused-ring (bicyclic) bond motifs is 1. The summed E-state index contributed by atoms with van der Waals surface area (Å²) >= 11 is 5.95. The van der Waals surface area contributed by atoms with Gasteiger partial charge >= 0.3 is 5.97 Å². The molecule has 1 aliphatic rings. The lowest BCUT2D eigenvalue weighted by Crippen LogP contribution is -2.23. The molecule has 0 aliphatic carbocycles. The van der Waals surface area contributed by atoms with Crippen molar-refractivity contribution < 1.29 is 28.6 Å². The molecule has 8 heteroatoms. The molecule has 0 saturated heterocycles. The Kier molecular flexibility index (Phi) is 5.13. The predicted molar refractivity (Wildman–Crippen MR) is 111 cm³/mol. The van der Waals surface area contributed by atoms with Crippen LogP contribution in [0.1, 0.15) is 34.0 Å². The number of ether oxygens (including phenoxy) is 2. The maximum Gasteiger partial charge on any atom is 0.337 e. The molecule has 0 fully saturated rings. The number of halogens is 1. The third kappa shape index (κ3) is 3.48. The molecule has 0 saturated carbocycles. The highest BCUT2D eigenvalue weighted by atomic mass is 35.5. The SMILES string of the molecule is COc1cc2c(cc1OC)C(c1ccc(-c3ccc(Cl)c(C(=O)O)c3)o1)CC(=O)N2. The Hall–Kier alpha value is -3.45.